The van der Waals surface area contributed by atoms with Crippen LogP contribution in [0.4, 0.5) is 4.39 Å². The molecule has 1 aromatic carbocycles. The molecule has 156 valence electrons. The van der Waals surface area contributed by atoms with Crippen molar-refractivity contribution in [2.45, 2.75) is 0 Å². The second-order valence-electron chi connectivity index (χ2n) is 7.03. The topological polar surface area (TPSA) is 93.9 Å². The van der Waals surface area contributed by atoms with Crippen molar-refractivity contribution in [3.05, 3.63) is 72.6 Å². The molecule has 0 atom stereocenters. The standard InChI is InChI=1S/C23H16FN7O/c1-30-19-12-27-18-7-5-14(16-4-3-9-26-22(16)24)10-17(18)21(19)31(23(30)29-13-25)15-6-8-20(32-2)28-11-15/h3-12H,1-2H3. The van der Waals surface area contributed by atoms with Crippen LogP contribution in [0.1, 0.15) is 0 Å². The predicted octanol–water partition coefficient (Wildman–Crippen LogP) is 3.50. The van der Waals surface area contributed by atoms with Gasteiger partial charge in [0.25, 0.3) is 0 Å². The summed E-state index contributed by atoms with van der Waals surface area (Å²) in [5, 5.41) is 10.1. The van der Waals surface area contributed by atoms with Crippen molar-refractivity contribution in [1.82, 2.24) is 24.1 Å². The lowest BCUT2D eigenvalue weighted by Crippen LogP contribution is -2.22. The molecule has 5 rings (SSSR count). The molecule has 0 amide bonds. The zero-order valence-corrected chi connectivity index (χ0v) is 17.2. The van der Waals surface area contributed by atoms with E-state index in [0.29, 0.717) is 28.3 Å². The molecule has 8 nitrogen and oxygen atoms in total. The molecule has 4 aromatic heterocycles. The summed E-state index contributed by atoms with van der Waals surface area (Å²) in [4.78, 5) is 16.7. The normalized spacial score (nSPS) is 11.8. The molecule has 4 heterocycles. The molecule has 0 radical (unpaired) electrons. The largest absolute Gasteiger partial charge is 0.481 e. The monoisotopic (exact) mass is 425 g/mol. The van der Waals surface area contributed by atoms with Gasteiger partial charge in [-0.2, -0.15) is 9.65 Å². The highest BCUT2D eigenvalue weighted by molar-refractivity contribution is 6.04. The van der Waals surface area contributed by atoms with E-state index < -0.39 is 5.95 Å². The van der Waals surface area contributed by atoms with Crippen LogP contribution in [0, 0.1) is 17.4 Å². The van der Waals surface area contributed by atoms with Crippen molar-refractivity contribution in [2.75, 3.05) is 7.11 Å². The zero-order chi connectivity index (χ0) is 22.2. The fourth-order valence-corrected chi connectivity index (χ4v) is 3.81. The molecular weight excluding hydrogens is 409 g/mol. The first-order valence-electron chi connectivity index (χ1n) is 9.66. The summed E-state index contributed by atoms with van der Waals surface area (Å²) in [6.07, 6.45) is 6.66. The third-order valence-corrected chi connectivity index (χ3v) is 5.31. The van der Waals surface area contributed by atoms with Gasteiger partial charge in [-0.1, -0.05) is 6.07 Å². The molecule has 5 aromatic rings. The van der Waals surface area contributed by atoms with Crippen molar-refractivity contribution in [3.63, 3.8) is 0 Å². The minimum Gasteiger partial charge on any atom is -0.481 e. The molecule has 0 aliphatic carbocycles. The van der Waals surface area contributed by atoms with Crippen LogP contribution in [0.2, 0.25) is 0 Å². The van der Waals surface area contributed by atoms with Gasteiger partial charge in [-0.05, 0) is 35.9 Å². The smallest absolute Gasteiger partial charge is 0.226 e. The van der Waals surface area contributed by atoms with Crippen molar-refractivity contribution < 1.29 is 9.13 Å². The van der Waals surface area contributed by atoms with Crippen molar-refractivity contribution in [1.29, 1.82) is 5.26 Å². The molecule has 9 heteroatoms. The third kappa shape index (κ3) is 2.97. The van der Waals surface area contributed by atoms with Gasteiger partial charge in [0.15, 0.2) is 0 Å². The fraction of sp³-hybridized carbons (Fsp3) is 0.0870. The second-order valence-corrected chi connectivity index (χ2v) is 7.03. The van der Waals surface area contributed by atoms with Crippen LogP contribution >= 0.6 is 0 Å². The highest BCUT2D eigenvalue weighted by Gasteiger charge is 2.17. The average molecular weight is 425 g/mol. The molecule has 0 saturated heterocycles. The lowest BCUT2D eigenvalue weighted by Gasteiger charge is -2.09. The third-order valence-electron chi connectivity index (χ3n) is 5.31. The highest BCUT2D eigenvalue weighted by Crippen LogP contribution is 2.30. The van der Waals surface area contributed by atoms with Gasteiger partial charge in [-0.3, -0.25) is 9.55 Å². The van der Waals surface area contributed by atoms with Gasteiger partial charge in [0.1, 0.15) is 0 Å². The second kappa shape index (κ2) is 7.59. The van der Waals surface area contributed by atoms with Crippen LogP contribution < -0.4 is 10.4 Å². The van der Waals surface area contributed by atoms with E-state index in [1.54, 1.807) is 42.3 Å². The Morgan fingerprint density at radius 2 is 1.97 bits per heavy atom. The van der Waals surface area contributed by atoms with E-state index in [-0.39, 0.29) is 0 Å². The fourth-order valence-electron chi connectivity index (χ4n) is 3.81. The molecule has 0 spiro atoms. The number of hydrogen-bond acceptors (Lipinski definition) is 6. The van der Waals surface area contributed by atoms with E-state index in [2.05, 4.69) is 19.9 Å². The van der Waals surface area contributed by atoms with Gasteiger partial charge >= 0.3 is 0 Å². The van der Waals surface area contributed by atoms with Crippen LogP contribution in [0.3, 0.4) is 0 Å². The van der Waals surface area contributed by atoms with Gasteiger partial charge in [-0.15, -0.1) is 4.99 Å². The Balaban J connectivity index is 1.91. The van der Waals surface area contributed by atoms with Gasteiger partial charge < -0.3 is 9.30 Å². The number of benzene rings is 1. The highest BCUT2D eigenvalue weighted by atomic mass is 19.1. The van der Waals surface area contributed by atoms with Gasteiger partial charge in [0, 0.05) is 30.3 Å². The number of hydrogen-bond donors (Lipinski definition) is 0. The Kier molecular flexibility index (Phi) is 4.60. The summed E-state index contributed by atoms with van der Waals surface area (Å²) < 4.78 is 23.2. The van der Waals surface area contributed by atoms with Gasteiger partial charge in [-0.25, -0.2) is 9.97 Å². The maximum Gasteiger partial charge on any atom is 0.226 e. The van der Waals surface area contributed by atoms with Crippen LogP contribution in [0.5, 0.6) is 5.88 Å². The molecule has 32 heavy (non-hydrogen) atoms. The number of halogens is 1. The number of methoxy groups -OCH3 is 1. The number of ether oxygens (including phenoxy) is 1. The van der Waals surface area contributed by atoms with Gasteiger partial charge in [0.2, 0.25) is 23.6 Å². The number of fused-ring (bicyclic) bond motifs is 3. The molecule has 0 fully saturated rings. The quantitative estimate of drug-likeness (QED) is 0.326. The van der Waals surface area contributed by atoms with E-state index in [1.165, 1.54) is 6.20 Å². The summed E-state index contributed by atoms with van der Waals surface area (Å²) in [5.74, 6) is -0.0818. The van der Waals surface area contributed by atoms with E-state index in [1.807, 2.05) is 42.1 Å². The van der Waals surface area contributed by atoms with E-state index in [4.69, 9.17) is 4.74 Å². The predicted molar refractivity (Wildman–Crippen MR) is 116 cm³/mol. The van der Waals surface area contributed by atoms with Crippen molar-refractivity contribution in [3.8, 4) is 28.9 Å². The van der Waals surface area contributed by atoms with E-state index >= 15 is 0 Å². The van der Waals surface area contributed by atoms with Crippen LogP contribution in [-0.4, -0.2) is 31.2 Å². The number of aryl methyl sites for hydroxylation is 1. The first-order chi connectivity index (χ1) is 15.6. The lowest BCUT2D eigenvalue weighted by atomic mass is 10.0. The summed E-state index contributed by atoms with van der Waals surface area (Å²) in [6, 6.07) is 12.5. The lowest BCUT2D eigenvalue weighted by molar-refractivity contribution is 0.398. The minimum atomic E-state index is -0.549. The molecule has 0 aliphatic rings. The van der Waals surface area contributed by atoms with Crippen LogP contribution in [0.25, 0.3) is 38.8 Å². The summed E-state index contributed by atoms with van der Waals surface area (Å²) in [6.45, 7) is 0. The maximum atomic E-state index is 14.4. The average Bonchev–Trinajstić information content (AvgIpc) is 3.11. The Bertz CT molecular complexity index is 1590. The summed E-state index contributed by atoms with van der Waals surface area (Å²) in [5.41, 5.74) is 4.39. The molecule has 0 N–H and O–H groups in total. The number of aromatic nitrogens is 5. The van der Waals surface area contributed by atoms with E-state index in [9.17, 15) is 9.65 Å². The molecule has 0 aliphatic heterocycles. The van der Waals surface area contributed by atoms with Crippen LogP contribution in [0.15, 0.2) is 66.0 Å². The SMILES string of the molecule is COc1ccc(-n2c(=NC#N)n(C)c3cnc4ccc(-c5cccnc5F)cc4c32)cn1. The number of imidazole rings is 1. The molecule has 0 saturated carbocycles. The Labute approximate surface area is 181 Å². The molecule has 0 unspecified atom stereocenters. The summed E-state index contributed by atoms with van der Waals surface area (Å²) in [7, 11) is 3.35. The Hall–Kier alpha value is -4.58. The molecular formula is C23H16FN7O. The van der Waals surface area contributed by atoms with Crippen LogP contribution in [-0.2, 0) is 7.05 Å². The number of rotatable bonds is 3. The molecule has 0 bridgehead atoms. The van der Waals surface area contributed by atoms with Crippen molar-refractivity contribution in [2.24, 2.45) is 12.0 Å². The maximum absolute atomic E-state index is 14.4. The Morgan fingerprint density at radius 1 is 1.09 bits per heavy atom. The van der Waals surface area contributed by atoms with Gasteiger partial charge in [0.05, 0.1) is 41.7 Å². The van der Waals surface area contributed by atoms with Crippen molar-refractivity contribution >= 4 is 21.9 Å². The Morgan fingerprint density at radius 3 is 2.69 bits per heavy atom. The van der Waals surface area contributed by atoms with E-state index in [0.717, 1.165) is 21.9 Å². The number of nitrogens with zero attached hydrogens (tertiary/aromatic N) is 7. The first-order valence-corrected chi connectivity index (χ1v) is 9.66. The summed E-state index contributed by atoms with van der Waals surface area (Å²) >= 11 is 0. The first kappa shape index (κ1) is 19.4. The number of pyridine rings is 3. The minimum absolute atomic E-state index is 0.391. The number of nitriles is 1. The zero-order valence-electron chi connectivity index (χ0n) is 17.2.